The number of fused-ring (bicyclic) bond motifs is 1. The fourth-order valence-electron chi connectivity index (χ4n) is 4.40. The highest BCUT2D eigenvalue weighted by Crippen LogP contribution is 2.34. The van der Waals surface area contributed by atoms with Gasteiger partial charge in [-0.25, -0.2) is 24.0 Å². The van der Waals surface area contributed by atoms with Crippen LogP contribution in [-0.4, -0.2) is 55.3 Å². The Labute approximate surface area is 185 Å². The first-order chi connectivity index (χ1) is 14.9. The molecule has 1 spiro atoms. The molecule has 2 atom stereocenters. The van der Waals surface area contributed by atoms with Crippen molar-refractivity contribution >= 4 is 44.1 Å². The van der Waals surface area contributed by atoms with Gasteiger partial charge >= 0.3 is 6.03 Å². The van der Waals surface area contributed by atoms with E-state index in [1.165, 1.54) is 27.6 Å². The number of amides is 2. The predicted octanol–water partition coefficient (Wildman–Crippen LogP) is 2.81. The van der Waals surface area contributed by atoms with Gasteiger partial charge in [0.05, 0.1) is 43.3 Å². The van der Waals surface area contributed by atoms with Crippen molar-refractivity contribution < 1.29 is 9.00 Å². The highest BCUT2D eigenvalue weighted by molar-refractivity contribution is 7.73. The number of nitrogens with zero attached hydrogens (tertiary/aromatic N) is 5. The zero-order valence-corrected chi connectivity index (χ0v) is 18.7. The van der Waals surface area contributed by atoms with E-state index in [1.54, 1.807) is 11.3 Å². The third-order valence-corrected chi connectivity index (χ3v) is 7.83. The number of likely N-dealkylation sites (tertiary alicyclic amines) is 1. The molecule has 4 heterocycles. The molecule has 11 heteroatoms. The minimum absolute atomic E-state index is 0.210. The third kappa shape index (κ3) is 3.77. The summed E-state index contributed by atoms with van der Waals surface area (Å²) in [4.78, 5) is 29.6. The molecule has 2 aliphatic heterocycles. The minimum Gasteiger partial charge on any atom is -0.330 e. The summed E-state index contributed by atoms with van der Waals surface area (Å²) in [6, 6.07) is 6.56. The minimum atomic E-state index is -2.24. The Morgan fingerprint density at radius 1 is 1.23 bits per heavy atom. The number of carbonyl (C=O) groups is 1. The lowest BCUT2D eigenvalue weighted by atomic mass is 9.87. The van der Waals surface area contributed by atoms with Crippen molar-refractivity contribution in [2.45, 2.75) is 36.2 Å². The monoisotopic (exact) mass is 457 g/mol. The van der Waals surface area contributed by atoms with E-state index in [4.69, 9.17) is 4.78 Å². The fourth-order valence-corrected chi connectivity index (χ4v) is 5.38. The molecule has 9 nitrogen and oxygen atoms in total. The Balaban J connectivity index is 1.26. The van der Waals surface area contributed by atoms with E-state index in [0.717, 1.165) is 31.4 Å². The number of thiazole rings is 1. The number of thiol groups is 1. The maximum Gasteiger partial charge on any atom is 0.324 e. The van der Waals surface area contributed by atoms with Crippen LogP contribution in [0.2, 0.25) is 0 Å². The van der Waals surface area contributed by atoms with E-state index < -0.39 is 10.6 Å². The molecule has 2 fully saturated rings. The smallest absolute Gasteiger partial charge is 0.324 e. The van der Waals surface area contributed by atoms with Gasteiger partial charge in [0.25, 0.3) is 0 Å². The van der Waals surface area contributed by atoms with Crippen LogP contribution in [-0.2, 0) is 10.6 Å². The van der Waals surface area contributed by atoms with Crippen molar-refractivity contribution in [3.8, 4) is 0 Å². The molecule has 2 amide bonds. The molecule has 2 aromatic heterocycles. The molecule has 1 unspecified atom stereocenters. The van der Waals surface area contributed by atoms with Gasteiger partial charge in [0.15, 0.2) is 0 Å². The molecule has 3 aromatic rings. The van der Waals surface area contributed by atoms with Crippen LogP contribution in [0.5, 0.6) is 0 Å². The SMILES string of the molecule is C[C@@H](c1ccc2scnc2c1)N1CCC2(CC1)CN(c1ncc([SH](=N)=O)cn1)C(=O)N2. The quantitative estimate of drug-likeness (QED) is 0.519. The molecule has 0 radical (unpaired) electrons. The van der Waals surface area contributed by atoms with Gasteiger partial charge in [-0.15, -0.1) is 11.3 Å². The normalized spacial score (nSPS) is 20.8. The molecule has 5 rings (SSSR count). The van der Waals surface area contributed by atoms with E-state index in [-0.39, 0.29) is 28.5 Å². The summed E-state index contributed by atoms with van der Waals surface area (Å²) in [5.74, 6) is 0.280. The summed E-state index contributed by atoms with van der Waals surface area (Å²) in [7, 11) is -2.24. The molecule has 0 saturated carbocycles. The van der Waals surface area contributed by atoms with Crippen LogP contribution in [0.4, 0.5) is 10.7 Å². The number of benzene rings is 1. The average molecular weight is 458 g/mol. The first kappa shape index (κ1) is 20.3. The van der Waals surface area contributed by atoms with Gasteiger partial charge in [0, 0.05) is 31.5 Å². The Morgan fingerprint density at radius 2 is 1.97 bits per heavy atom. The predicted molar refractivity (Wildman–Crippen MR) is 120 cm³/mol. The molecule has 162 valence electrons. The molecule has 2 N–H and O–H groups in total. The molecular formula is C20H23N7O2S2. The fraction of sp³-hybridized carbons (Fsp3) is 0.400. The van der Waals surface area contributed by atoms with E-state index in [9.17, 15) is 9.00 Å². The number of carbonyl (C=O) groups excluding carboxylic acids is 1. The van der Waals surface area contributed by atoms with Crippen LogP contribution >= 0.6 is 11.3 Å². The lowest BCUT2D eigenvalue weighted by Gasteiger charge is -2.41. The van der Waals surface area contributed by atoms with E-state index in [1.807, 2.05) is 5.51 Å². The van der Waals surface area contributed by atoms with Crippen LogP contribution in [0, 0.1) is 4.78 Å². The molecule has 1 aromatic carbocycles. The second-order valence-electron chi connectivity index (χ2n) is 8.12. The summed E-state index contributed by atoms with van der Waals surface area (Å²) in [6.07, 6.45) is 4.40. The van der Waals surface area contributed by atoms with Crippen LogP contribution in [0.15, 0.2) is 41.0 Å². The summed E-state index contributed by atoms with van der Waals surface area (Å²) in [6.45, 7) is 4.48. The average Bonchev–Trinajstić information content (AvgIpc) is 3.37. The summed E-state index contributed by atoms with van der Waals surface area (Å²) in [5.41, 5.74) is 3.88. The second-order valence-corrected chi connectivity index (χ2v) is 10.1. The van der Waals surface area contributed by atoms with Gasteiger partial charge in [0.1, 0.15) is 0 Å². The Kier molecular flexibility index (Phi) is 5.11. The van der Waals surface area contributed by atoms with Crippen LogP contribution < -0.4 is 10.2 Å². The maximum absolute atomic E-state index is 12.6. The van der Waals surface area contributed by atoms with Crippen LogP contribution in [0.25, 0.3) is 10.2 Å². The number of urea groups is 1. The number of anilines is 1. The van der Waals surface area contributed by atoms with Crippen LogP contribution in [0.1, 0.15) is 31.4 Å². The number of piperidine rings is 1. The highest BCUT2D eigenvalue weighted by Gasteiger charge is 2.46. The second kappa shape index (κ2) is 7.81. The molecule has 2 aliphatic rings. The zero-order valence-electron chi connectivity index (χ0n) is 17.0. The van der Waals surface area contributed by atoms with Crippen LogP contribution in [0.3, 0.4) is 0 Å². The first-order valence-electron chi connectivity index (χ1n) is 10.1. The van der Waals surface area contributed by atoms with Crippen molar-refractivity contribution in [3.63, 3.8) is 0 Å². The number of nitrogens with one attached hydrogen (secondary N) is 2. The van der Waals surface area contributed by atoms with Gasteiger partial charge in [0.2, 0.25) is 5.95 Å². The third-order valence-electron chi connectivity index (χ3n) is 6.32. The molecular weight excluding hydrogens is 434 g/mol. The van der Waals surface area contributed by atoms with Gasteiger partial charge in [-0.2, -0.15) is 0 Å². The van der Waals surface area contributed by atoms with Gasteiger partial charge in [-0.1, -0.05) is 6.07 Å². The topological polar surface area (TPSA) is 115 Å². The Morgan fingerprint density at radius 3 is 2.68 bits per heavy atom. The Hall–Kier alpha value is -2.63. The van der Waals surface area contributed by atoms with Crippen molar-refractivity contribution in [1.29, 1.82) is 4.78 Å². The lowest BCUT2D eigenvalue weighted by molar-refractivity contribution is 0.121. The molecule has 0 bridgehead atoms. The van der Waals surface area contributed by atoms with E-state index in [2.05, 4.69) is 50.3 Å². The first-order valence-corrected chi connectivity index (χ1v) is 12.3. The highest BCUT2D eigenvalue weighted by atomic mass is 32.2. The van der Waals surface area contributed by atoms with Crippen molar-refractivity contribution in [1.82, 2.24) is 25.2 Å². The molecule has 2 saturated heterocycles. The van der Waals surface area contributed by atoms with Gasteiger partial charge in [-0.3, -0.25) is 14.6 Å². The number of hydrogen-bond acceptors (Lipinski definition) is 8. The summed E-state index contributed by atoms with van der Waals surface area (Å²) in [5, 5.41) is 3.15. The largest absolute Gasteiger partial charge is 0.330 e. The van der Waals surface area contributed by atoms with Crippen molar-refractivity contribution in [3.05, 3.63) is 41.7 Å². The zero-order chi connectivity index (χ0) is 21.6. The molecule has 0 aliphatic carbocycles. The number of rotatable bonds is 4. The van der Waals surface area contributed by atoms with Gasteiger partial charge in [-0.05, 0) is 37.5 Å². The summed E-state index contributed by atoms with van der Waals surface area (Å²) >= 11 is 1.65. The Bertz CT molecular complexity index is 1190. The number of hydrogen-bond donors (Lipinski definition) is 3. The number of aromatic nitrogens is 3. The van der Waals surface area contributed by atoms with Crippen molar-refractivity contribution in [2.24, 2.45) is 0 Å². The van der Waals surface area contributed by atoms with E-state index in [0.29, 0.717) is 6.54 Å². The van der Waals surface area contributed by atoms with Crippen molar-refractivity contribution in [2.75, 3.05) is 24.5 Å². The lowest BCUT2D eigenvalue weighted by Crippen LogP contribution is -2.52. The standard InChI is InChI=1S/C20H23N7O2S2/c1-13(14-2-3-17-16(8-14)24-12-30-17)26-6-4-20(5-7-26)11-27(19(28)25-20)18-22-9-15(10-23-18)31(21)29/h2-3,8-10,12-13,21,31H,4-7,11H2,1H3,(H,25,28)/t13-/m0/s1. The van der Waals surface area contributed by atoms with Gasteiger partial charge < -0.3 is 5.32 Å². The molecule has 31 heavy (non-hydrogen) atoms. The van der Waals surface area contributed by atoms with E-state index >= 15 is 0 Å². The summed E-state index contributed by atoms with van der Waals surface area (Å²) < 4.78 is 19.7. The maximum atomic E-state index is 12.6.